The standard InChI is InChI=1S/C14H19N3OS/c1-3-9-19-14(15)17-16-11(2)10-13(18)12-7-5-4-6-8-12/h4-8H,3,9-10H2,1-2H3,(H2,15,17). The zero-order valence-corrected chi connectivity index (χ0v) is 12.1. The second-order valence-corrected chi connectivity index (χ2v) is 5.20. The minimum absolute atomic E-state index is 0.0387. The third kappa shape index (κ3) is 6.20. The van der Waals surface area contributed by atoms with E-state index in [1.54, 1.807) is 19.1 Å². The quantitative estimate of drug-likeness (QED) is 0.376. The van der Waals surface area contributed by atoms with E-state index in [4.69, 9.17) is 5.73 Å². The molecule has 0 amide bonds. The zero-order valence-electron chi connectivity index (χ0n) is 11.3. The molecule has 0 aliphatic carbocycles. The van der Waals surface area contributed by atoms with Crippen LogP contribution in [-0.4, -0.2) is 22.4 Å². The smallest absolute Gasteiger partial charge is 0.180 e. The van der Waals surface area contributed by atoms with Crippen LogP contribution in [0.15, 0.2) is 40.5 Å². The van der Waals surface area contributed by atoms with Gasteiger partial charge in [0.2, 0.25) is 0 Å². The van der Waals surface area contributed by atoms with Crippen LogP contribution < -0.4 is 5.73 Å². The molecule has 0 fully saturated rings. The summed E-state index contributed by atoms with van der Waals surface area (Å²) in [4.78, 5) is 11.9. The Hall–Kier alpha value is -1.62. The average molecular weight is 277 g/mol. The largest absolute Gasteiger partial charge is 0.377 e. The maximum atomic E-state index is 11.9. The SMILES string of the molecule is CCCS/C(N)=N\N=C(C)CC(=O)c1ccccc1. The Morgan fingerprint density at radius 1 is 1.26 bits per heavy atom. The van der Waals surface area contributed by atoms with Gasteiger partial charge in [0, 0.05) is 17.0 Å². The van der Waals surface area contributed by atoms with Crippen molar-refractivity contribution >= 4 is 28.4 Å². The van der Waals surface area contributed by atoms with Crippen molar-refractivity contribution in [1.29, 1.82) is 0 Å². The first-order valence-electron chi connectivity index (χ1n) is 6.21. The molecule has 0 bridgehead atoms. The lowest BCUT2D eigenvalue weighted by Gasteiger charge is -2.00. The van der Waals surface area contributed by atoms with E-state index >= 15 is 0 Å². The van der Waals surface area contributed by atoms with Gasteiger partial charge in [-0.05, 0) is 13.3 Å². The fourth-order valence-electron chi connectivity index (χ4n) is 1.36. The number of hydrogen-bond acceptors (Lipinski definition) is 4. The van der Waals surface area contributed by atoms with Crippen molar-refractivity contribution in [1.82, 2.24) is 0 Å². The third-order valence-corrected chi connectivity index (χ3v) is 3.28. The van der Waals surface area contributed by atoms with Gasteiger partial charge in [-0.1, -0.05) is 49.0 Å². The lowest BCUT2D eigenvalue weighted by Crippen LogP contribution is -2.08. The van der Waals surface area contributed by atoms with Crippen molar-refractivity contribution in [2.45, 2.75) is 26.7 Å². The monoisotopic (exact) mass is 277 g/mol. The van der Waals surface area contributed by atoms with Crippen LogP contribution in [-0.2, 0) is 0 Å². The molecular weight excluding hydrogens is 258 g/mol. The van der Waals surface area contributed by atoms with E-state index in [0.717, 1.165) is 12.2 Å². The molecule has 0 saturated carbocycles. The summed E-state index contributed by atoms with van der Waals surface area (Å²) in [6.07, 6.45) is 1.30. The summed E-state index contributed by atoms with van der Waals surface area (Å²) in [6, 6.07) is 9.16. The second-order valence-electron chi connectivity index (χ2n) is 4.09. The van der Waals surface area contributed by atoms with Crippen molar-refractivity contribution in [3.63, 3.8) is 0 Å². The molecule has 2 N–H and O–H groups in total. The van der Waals surface area contributed by atoms with Crippen LogP contribution in [0.1, 0.15) is 37.0 Å². The summed E-state index contributed by atoms with van der Waals surface area (Å²) in [6.45, 7) is 3.86. The Kier molecular flexibility index (Phi) is 6.89. The number of thioether (sulfide) groups is 1. The molecule has 0 unspecified atom stereocenters. The number of nitrogens with zero attached hydrogens (tertiary/aromatic N) is 2. The molecule has 19 heavy (non-hydrogen) atoms. The molecule has 102 valence electrons. The van der Waals surface area contributed by atoms with Gasteiger partial charge in [-0.15, -0.1) is 5.10 Å². The van der Waals surface area contributed by atoms with Crippen molar-refractivity contribution in [3.05, 3.63) is 35.9 Å². The Morgan fingerprint density at radius 2 is 1.95 bits per heavy atom. The van der Waals surface area contributed by atoms with Gasteiger partial charge >= 0.3 is 0 Å². The van der Waals surface area contributed by atoms with E-state index in [1.807, 2.05) is 18.2 Å². The number of carbonyl (C=O) groups is 1. The fourth-order valence-corrected chi connectivity index (χ4v) is 1.88. The molecule has 0 heterocycles. The highest BCUT2D eigenvalue weighted by Gasteiger charge is 2.06. The van der Waals surface area contributed by atoms with Crippen LogP contribution >= 0.6 is 11.8 Å². The van der Waals surface area contributed by atoms with E-state index < -0.39 is 0 Å². The van der Waals surface area contributed by atoms with E-state index in [2.05, 4.69) is 17.1 Å². The summed E-state index contributed by atoms with van der Waals surface area (Å²) in [5, 5.41) is 8.32. The number of benzene rings is 1. The van der Waals surface area contributed by atoms with Crippen LogP contribution in [0.2, 0.25) is 0 Å². The summed E-state index contributed by atoms with van der Waals surface area (Å²) < 4.78 is 0. The maximum absolute atomic E-state index is 11.9. The molecule has 4 nitrogen and oxygen atoms in total. The molecule has 0 aromatic heterocycles. The lowest BCUT2D eigenvalue weighted by atomic mass is 10.1. The highest BCUT2D eigenvalue weighted by Crippen LogP contribution is 2.05. The fraction of sp³-hybridized carbons (Fsp3) is 0.357. The number of amidine groups is 1. The molecule has 0 spiro atoms. The summed E-state index contributed by atoms with van der Waals surface area (Å²) in [5.74, 6) is 0.962. The highest BCUT2D eigenvalue weighted by molar-refractivity contribution is 8.13. The zero-order chi connectivity index (χ0) is 14.1. The molecule has 0 aliphatic heterocycles. The second kappa shape index (κ2) is 8.48. The van der Waals surface area contributed by atoms with Crippen molar-refractivity contribution in [2.75, 3.05) is 5.75 Å². The Morgan fingerprint density at radius 3 is 2.58 bits per heavy atom. The van der Waals surface area contributed by atoms with Crippen molar-refractivity contribution < 1.29 is 4.79 Å². The average Bonchev–Trinajstić information content (AvgIpc) is 2.43. The van der Waals surface area contributed by atoms with E-state index in [-0.39, 0.29) is 12.2 Å². The summed E-state index contributed by atoms with van der Waals surface area (Å²) in [7, 11) is 0. The molecule has 1 rings (SSSR count). The number of ketones is 1. The Labute approximate surface area is 118 Å². The van der Waals surface area contributed by atoms with Crippen molar-refractivity contribution in [3.8, 4) is 0 Å². The number of rotatable bonds is 6. The van der Waals surface area contributed by atoms with Gasteiger partial charge in [0.25, 0.3) is 0 Å². The van der Waals surface area contributed by atoms with Crippen LogP contribution in [0.5, 0.6) is 0 Å². The normalized spacial score (nSPS) is 12.5. The van der Waals surface area contributed by atoms with Gasteiger partial charge in [0.05, 0.1) is 6.42 Å². The maximum Gasteiger partial charge on any atom is 0.180 e. The van der Waals surface area contributed by atoms with Gasteiger partial charge in [-0.3, -0.25) is 4.79 Å². The minimum Gasteiger partial charge on any atom is -0.377 e. The van der Waals surface area contributed by atoms with E-state index in [1.165, 1.54) is 11.8 Å². The lowest BCUT2D eigenvalue weighted by molar-refractivity contribution is 0.100. The van der Waals surface area contributed by atoms with Crippen molar-refractivity contribution in [2.24, 2.45) is 15.9 Å². The van der Waals surface area contributed by atoms with Gasteiger partial charge in [0.1, 0.15) is 0 Å². The van der Waals surface area contributed by atoms with E-state index in [9.17, 15) is 4.79 Å². The molecule has 5 heteroatoms. The first-order valence-corrected chi connectivity index (χ1v) is 7.19. The molecular formula is C14H19N3OS. The minimum atomic E-state index is 0.0387. The van der Waals surface area contributed by atoms with Crippen LogP contribution in [0, 0.1) is 0 Å². The number of Topliss-reactive ketones (excluding diaryl/α,β-unsaturated/α-hetero) is 1. The summed E-state index contributed by atoms with van der Waals surface area (Å²) in [5.41, 5.74) is 7.02. The molecule has 0 radical (unpaired) electrons. The summed E-state index contributed by atoms with van der Waals surface area (Å²) >= 11 is 1.47. The van der Waals surface area contributed by atoms with Crippen LogP contribution in [0.4, 0.5) is 0 Å². The third-order valence-electron chi connectivity index (χ3n) is 2.29. The van der Waals surface area contributed by atoms with Crippen LogP contribution in [0.25, 0.3) is 0 Å². The van der Waals surface area contributed by atoms with E-state index in [0.29, 0.717) is 16.4 Å². The Balaban J connectivity index is 2.55. The number of carbonyl (C=O) groups excluding carboxylic acids is 1. The molecule has 0 saturated heterocycles. The molecule has 0 aliphatic rings. The van der Waals surface area contributed by atoms with Gasteiger partial charge in [-0.25, -0.2) is 0 Å². The highest BCUT2D eigenvalue weighted by atomic mass is 32.2. The molecule has 0 atom stereocenters. The topological polar surface area (TPSA) is 67.8 Å². The predicted octanol–water partition coefficient (Wildman–Crippen LogP) is 3.09. The van der Waals surface area contributed by atoms with Crippen LogP contribution in [0.3, 0.4) is 0 Å². The molecule has 1 aromatic rings. The van der Waals surface area contributed by atoms with Gasteiger partial charge < -0.3 is 5.73 Å². The first kappa shape index (κ1) is 15.4. The molecule has 1 aromatic carbocycles. The number of hydrogen-bond donors (Lipinski definition) is 1. The Bertz CT molecular complexity index is 469. The first-order chi connectivity index (χ1) is 9.13. The van der Waals surface area contributed by atoms with Gasteiger partial charge in [-0.2, -0.15) is 5.10 Å². The number of nitrogens with two attached hydrogens (primary N) is 1. The van der Waals surface area contributed by atoms with Gasteiger partial charge in [0.15, 0.2) is 11.0 Å². The predicted molar refractivity (Wildman–Crippen MR) is 82.9 cm³/mol.